The van der Waals surface area contributed by atoms with E-state index in [2.05, 4.69) is 29.4 Å². The van der Waals surface area contributed by atoms with Crippen molar-refractivity contribution in [1.29, 1.82) is 0 Å². The monoisotopic (exact) mass is 234 g/mol. The van der Waals surface area contributed by atoms with E-state index in [4.69, 9.17) is 4.52 Å². The van der Waals surface area contributed by atoms with E-state index in [0.29, 0.717) is 5.92 Å². The van der Waals surface area contributed by atoms with Crippen molar-refractivity contribution in [2.75, 3.05) is 6.54 Å². The maximum atomic E-state index is 5.28. The minimum Gasteiger partial charge on any atom is -0.356 e. The molecule has 0 saturated heterocycles. The average molecular weight is 234 g/mol. The Kier molecular flexibility index (Phi) is 3.58. The summed E-state index contributed by atoms with van der Waals surface area (Å²) in [7, 11) is 1.88. The second kappa shape index (κ2) is 5.14. The van der Waals surface area contributed by atoms with Gasteiger partial charge in [0.15, 0.2) is 5.76 Å². The molecule has 0 bridgehead atoms. The van der Waals surface area contributed by atoms with Crippen molar-refractivity contribution < 1.29 is 4.52 Å². The highest BCUT2D eigenvalue weighted by atomic mass is 16.5. The van der Waals surface area contributed by atoms with Crippen molar-refractivity contribution in [3.05, 3.63) is 24.2 Å². The number of nitrogens with one attached hydrogen (secondary N) is 1. The summed E-state index contributed by atoms with van der Waals surface area (Å²) in [4.78, 5) is 0. The summed E-state index contributed by atoms with van der Waals surface area (Å²) in [6.07, 6.45) is 3.68. The molecule has 2 aromatic rings. The van der Waals surface area contributed by atoms with E-state index in [1.54, 1.807) is 10.9 Å². The Bertz CT molecular complexity index is 472. The van der Waals surface area contributed by atoms with Crippen LogP contribution in [0.15, 0.2) is 23.0 Å². The van der Waals surface area contributed by atoms with E-state index in [-0.39, 0.29) is 0 Å². The number of rotatable bonds is 5. The summed E-state index contributed by atoms with van der Waals surface area (Å²) in [5, 5.41) is 11.5. The molecule has 92 valence electrons. The topological polar surface area (TPSA) is 55.9 Å². The largest absolute Gasteiger partial charge is 0.356 e. The van der Waals surface area contributed by atoms with Crippen LogP contribution in [0.1, 0.15) is 19.5 Å². The maximum Gasteiger partial charge on any atom is 0.170 e. The van der Waals surface area contributed by atoms with Gasteiger partial charge in [0.25, 0.3) is 0 Å². The summed E-state index contributed by atoms with van der Waals surface area (Å²) in [5.74, 6) is 1.40. The van der Waals surface area contributed by atoms with Gasteiger partial charge in [-0.2, -0.15) is 5.10 Å². The van der Waals surface area contributed by atoms with Crippen LogP contribution < -0.4 is 5.32 Å². The molecule has 0 aliphatic rings. The standard InChI is InChI=1S/C12H18N4O/c1-9(2)5-13-7-11-4-12(17-15-11)10-6-14-16(3)8-10/h4,6,8-9,13H,5,7H2,1-3H3. The number of hydrogen-bond acceptors (Lipinski definition) is 4. The van der Waals surface area contributed by atoms with E-state index >= 15 is 0 Å². The third-order valence-corrected chi connectivity index (χ3v) is 2.41. The third kappa shape index (κ3) is 3.17. The molecule has 0 saturated carbocycles. The molecule has 0 fully saturated rings. The van der Waals surface area contributed by atoms with Crippen molar-refractivity contribution in [2.45, 2.75) is 20.4 Å². The van der Waals surface area contributed by atoms with Gasteiger partial charge in [0.1, 0.15) is 0 Å². The van der Waals surface area contributed by atoms with Crippen LogP contribution in [0.2, 0.25) is 0 Å². The predicted molar refractivity (Wildman–Crippen MR) is 65.2 cm³/mol. The Morgan fingerprint density at radius 2 is 2.29 bits per heavy atom. The van der Waals surface area contributed by atoms with Crippen molar-refractivity contribution in [3.63, 3.8) is 0 Å². The van der Waals surface area contributed by atoms with Gasteiger partial charge in [-0.25, -0.2) is 0 Å². The number of aromatic nitrogens is 3. The van der Waals surface area contributed by atoms with Crippen LogP contribution in [-0.4, -0.2) is 21.5 Å². The molecular weight excluding hydrogens is 216 g/mol. The van der Waals surface area contributed by atoms with Gasteiger partial charge in [0.2, 0.25) is 0 Å². The zero-order valence-electron chi connectivity index (χ0n) is 10.5. The zero-order chi connectivity index (χ0) is 12.3. The molecule has 0 amide bonds. The Balaban J connectivity index is 1.96. The van der Waals surface area contributed by atoms with Crippen molar-refractivity contribution in [2.24, 2.45) is 13.0 Å². The number of nitrogens with zero attached hydrogens (tertiary/aromatic N) is 3. The first-order chi connectivity index (χ1) is 8.15. The lowest BCUT2D eigenvalue weighted by molar-refractivity contribution is 0.418. The Morgan fingerprint density at radius 1 is 1.47 bits per heavy atom. The lowest BCUT2D eigenvalue weighted by Gasteiger charge is -2.03. The first-order valence-corrected chi connectivity index (χ1v) is 5.80. The molecule has 5 heteroatoms. The van der Waals surface area contributed by atoms with Gasteiger partial charge in [0, 0.05) is 25.9 Å². The highest BCUT2D eigenvalue weighted by Crippen LogP contribution is 2.18. The van der Waals surface area contributed by atoms with Gasteiger partial charge >= 0.3 is 0 Å². The van der Waals surface area contributed by atoms with Gasteiger partial charge in [-0.05, 0) is 12.5 Å². The van der Waals surface area contributed by atoms with Gasteiger partial charge in [-0.1, -0.05) is 19.0 Å². The van der Waals surface area contributed by atoms with E-state index < -0.39 is 0 Å². The third-order valence-electron chi connectivity index (χ3n) is 2.41. The van der Waals surface area contributed by atoms with E-state index in [1.807, 2.05) is 19.3 Å². The minimum atomic E-state index is 0.639. The maximum absolute atomic E-state index is 5.28. The molecule has 0 aromatic carbocycles. The summed E-state index contributed by atoms with van der Waals surface area (Å²) >= 11 is 0. The molecule has 2 aromatic heterocycles. The minimum absolute atomic E-state index is 0.639. The highest BCUT2D eigenvalue weighted by Gasteiger charge is 2.08. The zero-order valence-corrected chi connectivity index (χ0v) is 10.5. The van der Waals surface area contributed by atoms with Gasteiger partial charge in [-0.15, -0.1) is 0 Å². The van der Waals surface area contributed by atoms with Crippen LogP contribution in [-0.2, 0) is 13.6 Å². The fourth-order valence-electron chi connectivity index (χ4n) is 1.57. The summed E-state index contributed by atoms with van der Waals surface area (Å²) < 4.78 is 7.02. The SMILES string of the molecule is CC(C)CNCc1cc(-c2cnn(C)c2)on1. The predicted octanol–water partition coefficient (Wildman–Crippen LogP) is 1.82. The lowest BCUT2D eigenvalue weighted by atomic mass is 10.2. The van der Waals surface area contributed by atoms with Crippen LogP contribution in [0.5, 0.6) is 0 Å². The second-order valence-electron chi connectivity index (χ2n) is 4.61. The van der Waals surface area contributed by atoms with Gasteiger partial charge in [0.05, 0.1) is 17.5 Å². The Labute approximate surface area is 101 Å². The molecule has 2 heterocycles. The molecule has 0 aliphatic carbocycles. The fourth-order valence-corrected chi connectivity index (χ4v) is 1.57. The number of hydrogen-bond donors (Lipinski definition) is 1. The van der Waals surface area contributed by atoms with E-state index in [9.17, 15) is 0 Å². The summed E-state index contributed by atoms with van der Waals surface area (Å²) in [5.41, 5.74) is 1.87. The average Bonchev–Trinajstić information content (AvgIpc) is 2.86. The molecule has 1 N–H and O–H groups in total. The molecule has 17 heavy (non-hydrogen) atoms. The smallest absolute Gasteiger partial charge is 0.170 e. The van der Waals surface area contributed by atoms with Crippen molar-refractivity contribution in [3.8, 4) is 11.3 Å². The van der Waals surface area contributed by atoms with E-state index in [1.165, 1.54) is 0 Å². The molecule has 0 atom stereocenters. The molecule has 2 rings (SSSR count). The van der Waals surface area contributed by atoms with Crippen LogP contribution >= 0.6 is 0 Å². The first-order valence-electron chi connectivity index (χ1n) is 5.80. The molecule has 0 spiro atoms. The molecule has 0 unspecified atom stereocenters. The normalized spacial score (nSPS) is 11.3. The molecule has 0 aliphatic heterocycles. The van der Waals surface area contributed by atoms with E-state index in [0.717, 1.165) is 30.1 Å². The molecule has 0 radical (unpaired) electrons. The Morgan fingerprint density at radius 3 is 2.94 bits per heavy atom. The quantitative estimate of drug-likeness (QED) is 0.857. The summed E-state index contributed by atoms with van der Waals surface area (Å²) in [6, 6.07) is 1.95. The number of aryl methyl sites for hydroxylation is 1. The van der Waals surface area contributed by atoms with Crippen LogP contribution in [0.3, 0.4) is 0 Å². The van der Waals surface area contributed by atoms with Crippen LogP contribution in [0.25, 0.3) is 11.3 Å². The van der Waals surface area contributed by atoms with Crippen LogP contribution in [0.4, 0.5) is 0 Å². The highest BCUT2D eigenvalue weighted by molar-refractivity contribution is 5.54. The fraction of sp³-hybridized carbons (Fsp3) is 0.500. The Hall–Kier alpha value is -1.62. The van der Waals surface area contributed by atoms with Crippen LogP contribution in [0, 0.1) is 5.92 Å². The van der Waals surface area contributed by atoms with Crippen molar-refractivity contribution >= 4 is 0 Å². The second-order valence-corrected chi connectivity index (χ2v) is 4.61. The van der Waals surface area contributed by atoms with Gasteiger partial charge in [-0.3, -0.25) is 4.68 Å². The summed E-state index contributed by atoms with van der Waals surface area (Å²) in [6.45, 7) is 6.07. The van der Waals surface area contributed by atoms with Gasteiger partial charge < -0.3 is 9.84 Å². The first kappa shape index (κ1) is 11.9. The molecular formula is C12H18N4O. The molecule has 5 nitrogen and oxygen atoms in total. The lowest BCUT2D eigenvalue weighted by Crippen LogP contribution is -2.18. The van der Waals surface area contributed by atoms with Crippen molar-refractivity contribution in [1.82, 2.24) is 20.3 Å².